The molecule has 2 aromatic heterocycles. The van der Waals surface area contributed by atoms with Gasteiger partial charge in [-0.05, 0) is 11.5 Å². The molecule has 0 unspecified atom stereocenters. The van der Waals surface area contributed by atoms with E-state index in [1.807, 2.05) is 30.3 Å². The predicted octanol–water partition coefficient (Wildman–Crippen LogP) is 0.990. The quantitative estimate of drug-likeness (QED) is 0.666. The minimum atomic E-state index is -0.559. The molecule has 1 radical (unpaired) electrons. The number of fused-ring (bicyclic) bond motifs is 1. The van der Waals surface area contributed by atoms with Crippen LogP contribution in [0.15, 0.2) is 41.5 Å². The van der Waals surface area contributed by atoms with Crippen molar-refractivity contribution in [2.24, 2.45) is 5.92 Å². The average Bonchev–Trinajstić information content (AvgIpc) is 2.88. The zero-order valence-corrected chi connectivity index (χ0v) is 16.7. The summed E-state index contributed by atoms with van der Waals surface area (Å²) < 4.78 is 3.22. The van der Waals surface area contributed by atoms with Crippen LogP contribution in [0.4, 0.5) is 0 Å². The Morgan fingerprint density at radius 1 is 1.22 bits per heavy atom. The number of hydrogen-bond donors (Lipinski definition) is 0. The molecule has 3 rings (SSSR count). The third kappa shape index (κ3) is 3.92. The van der Waals surface area contributed by atoms with E-state index in [4.69, 9.17) is 0 Å². The van der Waals surface area contributed by atoms with Crippen molar-refractivity contribution in [3.63, 3.8) is 0 Å². The van der Waals surface area contributed by atoms with Crippen molar-refractivity contribution in [3.05, 3.63) is 52.7 Å². The van der Waals surface area contributed by atoms with Crippen LogP contribution in [0.5, 0.6) is 5.88 Å². The van der Waals surface area contributed by atoms with Gasteiger partial charge in [-0.1, -0.05) is 44.2 Å². The van der Waals surface area contributed by atoms with Gasteiger partial charge in [-0.3, -0.25) is 4.57 Å². The number of benzene rings is 1. The van der Waals surface area contributed by atoms with Gasteiger partial charge >= 0.3 is 5.69 Å². The van der Waals surface area contributed by atoms with Crippen molar-refractivity contribution in [2.75, 3.05) is 0 Å². The first-order valence-corrected chi connectivity index (χ1v) is 7.23. The van der Waals surface area contributed by atoms with E-state index in [9.17, 15) is 9.90 Å². The Kier molecular flexibility index (Phi) is 6.16. The second kappa shape index (κ2) is 7.72. The Morgan fingerprint density at radius 2 is 1.91 bits per heavy atom. The molecule has 0 bridgehead atoms. The minimum absolute atomic E-state index is 0. The normalized spacial score (nSPS) is 10.9. The van der Waals surface area contributed by atoms with Gasteiger partial charge in [0.1, 0.15) is 0 Å². The van der Waals surface area contributed by atoms with Gasteiger partial charge in [0.25, 0.3) is 0 Å². The van der Waals surface area contributed by atoms with E-state index in [0.29, 0.717) is 30.2 Å². The van der Waals surface area contributed by atoms with E-state index >= 15 is 0 Å². The smallest absolute Gasteiger partial charge is 0.349 e. The average molecular weight is 336 g/mol. The summed E-state index contributed by atoms with van der Waals surface area (Å²) in [4.78, 5) is 20.0. The summed E-state index contributed by atoms with van der Waals surface area (Å²) in [6.45, 7) is 5.13. The van der Waals surface area contributed by atoms with E-state index in [2.05, 4.69) is 23.8 Å². The monoisotopic (exact) mass is 336 g/mol. The first-order valence-electron chi connectivity index (χ1n) is 7.23. The van der Waals surface area contributed by atoms with Crippen molar-refractivity contribution < 1.29 is 5.11 Å². The fraction of sp³-hybridized carbons (Fsp3) is 0.312. The molecule has 0 amide bonds. The Labute approximate surface area is 176 Å². The van der Waals surface area contributed by atoms with Crippen LogP contribution >= 0.6 is 0 Å². The molecule has 0 N–H and O–H groups in total. The van der Waals surface area contributed by atoms with Gasteiger partial charge in [-0.2, -0.15) is 0 Å². The van der Waals surface area contributed by atoms with Crippen LogP contribution in [-0.2, 0) is 13.1 Å². The second-order valence-corrected chi connectivity index (χ2v) is 5.73. The zero-order chi connectivity index (χ0) is 15.7. The largest absolute Gasteiger partial charge is 0.857 e. The molecular weight excluding hydrogens is 319 g/mol. The fourth-order valence-electron chi connectivity index (χ4n) is 2.52. The van der Waals surface area contributed by atoms with Gasteiger partial charge in [0, 0.05) is 63.8 Å². The van der Waals surface area contributed by atoms with E-state index in [1.165, 1.54) is 4.57 Å². The van der Waals surface area contributed by atoms with Gasteiger partial charge in [0.05, 0.1) is 18.4 Å². The number of hydrogen-bond acceptors (Lipinski definition) is 4. The maximum atomic E-state index is 12.1. The Bertz CT molecular complexity index is 856. The molecule has 0 aliphatic carbocycles. The number of imidazole rings is 1. The summed E-state index contributed by atoms with van der Waals surface area (Å²) in [6, 6.07) is 9.58. The SMILES string of the molecule is CC(C)Cn1cnc2c1c([O-])nc(=O)n2Cc1ccccc1.[K]. The first-order chi connectivity index (χ1) is 10.6. The van der Waals surface area contributed by atoms with E-state index in [0.717, 1.165) is 5.56 Å². The van der Waals surface area contributed by atoms with Crippen molar-refractivity contribution in [3.8, 4) is 5.88 Å². The van der Waals surface area contributed by atoms with Crippen molar-refractivity contribution in [2.45, 2.75) is 26.9 Å². The van der Waals surface area contributed by atoms with Gasteiger partial charge in [0.2, 0.25) is 0 Å². The zero-order valence-electron chi connectivity index (χ0n) is 13.6. The molecule has 7 heteroatoms. The summed E-state index contributed by atoms with van der Waals surface area (Å²) >= 11 is 0. The summed E-state index contributed by atoms with van der Waals surface area (Å²) in [5, 5.41) is 12.1. The second-order valence-electron chi connectivity index (χ2n) is 5.73. The molecule has 0 saturated heterocycles. The molecule has 23 heavy (non-hydrogen) atoms. The molecule has 1 aromatic carbocycles. The number of rotatable bonds is 4. The van der Waals surface area contributed by atoms with E-state index < -0.39 is 11.6 Å². The molecule has 6 nitrogen and oxygen atoms in total. The minimum Gasteiger partial charge on any atom is -0.857 e. The third-order valence-corrected chi connectivity index (χ3v) is 3.45. The fourth-order valence-corrected chi connectivity index (χ4v) is 2.52. The Balaban J connectivity index is 0.00000192. The van der Waals surface area contributed by atoms with Crippen LogP contribution in [0.1, 0.15) is 19.4 Å². The molecule has 2 heterocycles. The van der Waals surface area contributed by atoms with Crippen molar-refractivity contribution in [1.29, 1.82) is 0 Å². The van der Waals surface area contributed by atoms with Crippen molar-refractivity contribution in [1.82, 2.24) is 19.1 Å². The standard InChI is InChI=1S/C16H18N4O2.K/c1-11(2)8-19-10-17-14-13(19)15(21)18-16(22)20(14)9-12-6-4-3-5-7-12;/h3-7,10-11H,8-9H2,1-2H3,(H,18,21,22);/p-1. The van der Waals surface area contributed by atoms with Gasteiger partial charge in [-0.15, -0.1) is 0 Å². The molecule has 0 aliphatic heterocycles. The molecule has 0 atom stereocenters. The van der Waals surface area contributed by atoms with Gasteiger partial charge in [-0.25, -0.2) is 14.8 Å². The van der Waals surface area contributed by atoms with E-state index in [-0.39, 0.29) is 51.4 Å². The molecule has 0 spiro atoms. The number of aromatic nitrogens is 4. The molecule has 0 saturated carbocycles. The van der Waals surface area contributed by atoms with E-state index in [1.54, 1.807) is 10.9 Å². The maximum absolute atomic E-state index is 12.1. The van der Waals surface area contributed by atoms with Crippen LogP contribution in [0.25, 0.3) is 11.2 Å². The first kappa shape index (κ1) is 18.3. The topological polar surface area (TPSA) is 75.8 Å². The molecule has 0 aliphatic rings. The molecule has 0 fully saturated rings. The van der Waals surface area contributed by atoms with Crippen LogP contribution in [0, 0.1) is 5.92 Å². The third-order valence-electron chi connectivity index (χ3n) is 3.45. The molecular formula is C16H17KN4O2-. The summed E-state index contributed by atoms with van der Waals surface area (Å²) in [7, 11) is 0. The van der Waals surface area contributed by atoms with Crippen molar-refractivity contribution >= 4 is 62.5 Å². The predicted molar refractivity (Wildman–Crippen MR) is 87.4 cm³/mol. The summed E-state index contributed by atoms with van der Waals surface area (Å²) in [5.41, 5.74) is 1.19. The van der Waals surface area contributed by atoms with Crippen LogP contribution < -0.4 is 10.8 Å². The molecule has 115 valence electrons. The maximum Gasteiger partial charge on any atom is 0.349 e. The van der Waals surface area contributed by atoms with Gasteiger partial charge < -0.3 is 9.67 Å². The van der Waals surface area contributed by atoms with Crippen LogP contribution in [-0.4, -0.2) is 70.5 Å². The Morgan fingerprint density at radius 3 is 2.57 bits per heavy atom. The summed E-state index contributed by atoms with van der Waals surface area (Å²) in [6.07, 6.45) is 1.61. The van der Waals surface area contributed by atoms with Crippen LogP contribution in [0.3, 0.4) is 0 Å². The number of nitrogens with zero attached hydrogens (tertiary/aromatic N) is 4. The Hall–Kier alpha value is -0.994. The summed E-state index contributed by atoms with van der Waals surface area (Å²) in [5.74, 6) is -0.145. The van der Waals surface area contributed by atoms with Gasteiger partial charge in [0.15, 0.2) is 5.65 Å². The van der Waals surface area contributed by atoms with Crippen LogP contribution in [0.2, 0.25) is 0 Å². The molecule has 3 aromatic rings.